The van der Waals surface area contributed by atoms with Gasteiger partial charge in [0.25, 0.3) is 0 Å². The molecule has 0 radical (unpaired) electrons. The Morgan fingerprint density at radius 1 is 1.36 bits per heavy atom. The van der Waals surface area contributed by atoms with Crippen molar-refractivity contribution in [2.45, 2.75) is 19.8 Å². The number of rotatable bonds is 4. The van der Waals surface area contributed by atoms with Crippen molar-refractivity contribution in [3.63, 3.8) is 0 Å². The summed E-state index contributed by atoms with van der Waals surface area (Å²) >= 11 is 0. The highest BCUT2D eigenvalue weighted by Gasteiger charge is 2.14. The molecule has 1 rings (SSSR count). The van der Waals surface area contributed by atoms with Crippen molar-refractivity contribution in [3.05, 3.63) is 42.0 Å². The first-order valence-electron chi connectivity index (χ1n) is 5.12. The number of benzene rings is 1. The Morgan fingerprint density at radius 2 is 2.00 bits per heavy atom. The van der Waals surface area contributed by atoms with Crippen molar-refractivity contribution >= 4 is 6.08 Å². The minimum absolute atomic E-state index is 0.495. The van der Waals surface area contributed by atoms with Crippen LogP contribution in [0.15, 0.2) is 30.8 Å². The average molecular weight is 189 g/mol. The molecular formula is C13H19N. The van der Waals surface area contributed by atoms with Crippen LogP contribution in [-0.2, 0) is 0 Å². The number of hydrogen-bond donors (Lipinski definition) is 1. The van der Waals surface area contributed by atoms with Crippen LogP contribution in [-0.4, -0.2) is 6.54 Å². The SMILES string of the molecule is C=Cc1ccccc1C(C)C(C)CN. The van der Waals surface area contributed by atoms with Crippen LogP contribution < -0.4 is 5.73 Å². The smallest absolute Gasteiger partial charge is 0.00458 e. The van der Waals surface area contributed by atoms with E-state index in [0.717, 1.165) is 6.54 Å². The van der Waals surface area contributed by atoms with Crippen molar-refractivity contribution in [1.82, 2.24) is 0 Å². The summed E-state index contributed by atoms with van der Waals surface area (Å²) in [5.74, 6) is 1.00. The van der Waals surface area contributed by atoms with Crippen molar-refractivity contribution in [1.29, 1.82) is 0 Å². The van der Waals surface area contributed by atoms with Crippen LogP contribution in [0.1, 0.15) is 30.9 Å². The van der Waals surface area contributed by atoms with Gasteiger partial charge < -0.3 is 5.73 Å². The zero-order valence-electron chi connectivity index (χ0n) is 9.03. The summed E-state index contributed by atoms with van der Waals surface area (Å²) in [6, 6.07) is 8.37. The fourth-order valence-corrected chi connectivity index (χ4v) is 1.62. The molecule has 14 heavy (non-hydrogen) atoms. The normalized spacial score (nSPS) is 14.8. The second-order valence-electron chi connectivity index (χ2n) is 3.83. The highest BCUT2D eigenvalue weighted by Crippen LogP contribution is 2.26. The molecule has 0 spiro atoms. The van der Waals surface area contributed by atoms with Crippen molar-refractivity contribution in [2.24, 2.45) is 11.7 Å². The molecule has 0 aromatic heterocycles. The fraction of sp³-hybridized carbons (Fsp3) is 0.385. The second kappa shape index (κ2) is 4.97. The average Bonchev–Trinajstić information content (AvgIpc) is 2.26. The van der Waals surface area contributed by atoms with Gasteiger partial charge in [-0.25, -0.2) is 0 Å². The summed E-state index contributed by atoms with van der Waals surface area (Å²) < 4.78 is 0. The van der Waals surface area contributed by atoms with E-state index in [9.17, 15) is 0 Å². The molecule has 1 heteroatoms. The molecule has 0 bridgehead atoms. The van der Waals surface area contributed by atoms with E-state index < -0.39 is 0 Å². The minimum atomic E-state index is 0.495. The number of nitrogens with two attached hydrogens (primary N) is 1. The second-order valence-corrected chi connectivity index (χ2v) is 3.83. The van der Waals surface area contributed by atoms with E-state index in [1.807, 2.05) is 12.1 Å². The molecule has 2 N–H and O–H groups in total. The Morgan fingerprint density at radius 3 is 2.57 bits per heavy atom. The van der Waals surface area contributed by atoms with E-state index in [1.54, 1.807) is 0 Å². The third kappa shape index (κ3) is 2.24. The van der Waals surface area contributed by atoms with Crippen LogP contribution in [0.4, 0.5) is 0 Å². The third-order valence-electron chi connectivity index (χ3n) is 2.93. The van der Waals surface area contributed by atoms with E-state index in [4.69, 9.17) is 5.73 Å². The first-order chi connectivity index (χ1) is 6.70. The summed E-state index contributed by atoms with van der Waals surface area (Å²) in [4.78, 5) is 0. The quantitative estimate of drug-likeness (QED) is 0.774. The molecule has 1 nitrogen and oxygen atoms in total. The molecule has 0 saturated carbocycles. The monoisotopic (exact) mass is 189 g/mol. The first-order valence-corrected chi connectivity index (χ1v) is 5.12. The Kier molecular flexibility index (Phi) is 3.90. The lowest BCUT2D eigenvalue weighted by Gasteiger charge is -2.20. The summed E-state index contributed by atoms with van der Waals surface area (Å²) in [5.41, 5.74) is 8.25. The van der Waals surface area contributed by atoms with E-state index in [-0.39, 0.29) is 0 Å². The summed E-state index contributed by atoms with van der Waals surface area (Å²) in [6.45, 7) is 8.96. The van der Waals surface area contributed by atoms with Crippen molar-refractivity contribution in [3.8, 4) is 0 Å². The maximum absolute atomic E-state index is 5.68. The lowest BCUT2D eigenvalue weighted by molar-refractivity contribution is 0.498. The summed E-state index contributed by atoms with van der Waals surface area (Å²) in [6.07, 6.45) is 1.91. The molecule has 2 atom stereocenters. The number of hydrogen-bond acceptors (Lipinski definition) is 1. The van der Waals surface area contributed by atoms with Gasteiger partial charge in [-0.2, -0.15) is 0 Å². The van der Waals surface area contributed by atoms with Gasteiger partial charge >= 0.3 is 0 Å². The molecule has 76 valence electrons. The molecule has 0 aliphatic rings. The maximum Gasteiger partial charge on any atom is -0.00458 e. The molecule has 0 aliphatic carbocycles. The van der Waals surface area contributed by atoms with Gasteiger partial charge in [0.1, 0.15) is 0 Å². The van der Waals surface area contributed by atoms with Crippen LogP contribution in [0, 0.1) is 5.92 Å². The Labute approximate surface area is 86.6 Å². The van der Waals surface area contributed by atoms with Gasteiger partial charge in [0, 0.05) is 0 Å². The predicted octanol–water partition coefficient (Wildman–Crippen LogP) is 3.03. The molecular weight excluding hydrogens is 170 g/mol. The lowest BCUT2D eigenvalue weighted by Crippen LogP contribution is -2.17. The van der Waals surface area contributed by atoms with Gasteiger partial charge in [0.05, 0.1) is 0 Å². The van der Waals surface area contributed by atoms with E-state index in [1.165, 1.54) is 11.1 Å². The largest absolute Gasteiger partial charge is 0.330 e. The van der Waals surface area contributed by atoms with Crippen LogP contribution in [0.3, 0.4) is 0 Å². The van der Waals surface area contributed by atoms with Gasteiger partial charge in [-0.05, 0) is 29.5 Å². The zero-order chi connectivity index (χ0) is 10.6. The van der Waals surface area contributed by atoms with Crippen molar-refractivity contribution < 1.29 is 0 Å². The molecule has 0 saturated heterocycles. The zero-order valence-corrected chi connectivity index (χ0v) is 9.03. The van der Waals surface area contributed by atoms with E-state index in [0.29, 0.717) is 11.8 Å². The highest BCUT2D eigenvalue weighted by molar-refractivity contribution is 5.52. The van der Waals surface area contributed by atoms with Crippen LogP contribution in [0.5, 0.6) is 0 Å². The third-order valence-corrected chi connectivity index (χ3v) is 2.93. The summed E-state index contributed by atoms with van der Waals surface area (Å²) in [7, 11) is 0. The Bertz CT molecular complexity index is 304. The molecule has 2 unspecified atom stereocenters. The standard InChI is InChI=1S/C13H19N/c1-4-12-7-5-6-8-13(12)11(3)10(2)9-14/h4-8,10-11H,1,9,14H2,2-3H3. The fourth-order valence-electron chi connectivity index (χ4n) is 1.62. The molecule has 0 fully saturated rings. The van der Waals surface area contributed by atoms with Gasteiger partial charge in [0.2, 0.25) is 0 Å². The molecule has 1 aromatic rings. The molecule has 0 amide bonds. The first kappa shape index (κ1) is 11.0. The molecule has 0 aliphatic heterocycles. The topological polar surface area (TPSA) is 26.0 Å². The van der Waals surface area contributed by atoms with Gasteiger partial charge in [-0.15, -0.1) is 0 Å². The van der Waals surface area contributed by atoms with E-state index in [2.05, 4.69) is 38.6 Å². The van der Waals surface area contributed by atoms with Gasteiger partial charge in [-0.1, -0.05) is 50.8 Å². The minimum Gasteiger partial charge on any atom is -0.330 e. The highest BCUT2D eigenvalue weighted by atomic mass is 14.5. The molecule has 1 aromatic carbocycles. The maximum atomic E-state index is 5.68. The van der Waals surface area contributed by atoms with Crippen molar-refractivity contribution in [2.75, 3.05) is 6.54 Å². The van der Waals surface area contributed by atoms with Crippen LogP contribution in [0.2, 0.25) is 0 Å². The van der Waals surface area contributed by atoms with Gasteiger partial charge in [0.15, 0.2) is 0 Å². The summed E-state index contributed by atoms with van der Waals surface area (Å²) in [5, 5.41) is 0. The predicted molar refractivity (Wildman–Crippen MR) is 63.2 cm³/mol. The Hall–Kier alpha value is -1.08. The van der Waals surface area contributed by atoms with E-state index >= 15 is 0 Å². The molecule has 0 heterocycles. The van der Waals surface area contributed by atoms with Crippen LogP contribution in [0.25, 0.3) is 6.08 Å². The van der Waals surface area contributed by atoms with Crippen LogP contribution >= 0.6 is 0 Å². The van der Waals surface area contributed by atoms with Gasteiger partial charge in [-0.3, -0.25) is 0 Å². The Balaban J connectivity index is 2.99. The lowest BCUT2D eigenvalue weighted by atomic mass is 9.86.